The molecule has 2 aromatic rings. The smallest absolute Gasteiger partial charge is 0.154 e. The van der Waals surface area contributed by atoms with Crippen molar-refractivity contribution in [2.24, 2.45) is 0 Å². The Labute approximate surface area is 94.5 Å². The molecule has 1 aromatic heterocycles. The van der Waals surface area contributed by atoms with Gasteiger partial charge in [0.2, 0.25) is 0 Å². The maximum absolute atomic E-state index is 11.1. The molecule has 0 aliphatic carbocycles. The highest BCUT2D eigenvalue weighted by atomic mass is 16.1. The Morgan fingerprint density at radius 3 is 2.50 bits per heavy atom. The van der Waals surface area contributed by atoms with E-state index in [9.17, 15) is 4.79 Å². The zero-order valence-corrected chi connectivity index (χ0v) is 9.40. The molecule has 1 N–H and O–H groups in total. The number of H-pyrrole nitrogens is 1. The average Bonchev–Trinajstić information content (AvgIpc) is 2.73. The minimum atomic E-state index is 0.269. The minimum Gasteiger partial charge on any atom is -0.298 e. The Kier molecular flexibility index (Phi) is 2.86. The van der Waals surface area contributed by atoms with E-state index in [4.69, 9.17) is 0 Å². The predicted octanol–water partition coefficient (Wildman–Crippen LogP) is 3.01. The normalized spacial score (nSPS) is 10.7. The van der Waals surface area contributed by atoms with Crippen LogP contribution in [-0.2, 0) is 0 Å². The molecule has 1 aromatic carbocycles. The van der Waals surface area contributed by atoms with Crippen LogP contribution in [0.25, 0.3) is 11.3 Å². The van der Waals surface area contributed by atoms with Crippen LogP contribution in [0.5, 0.6) is 0 Å². The van der Waals surface area contributed by atoms with Crippen LogP contribution in [0.3, 0.4) is 0 Å². The van der Waals surface area contributed by atoms with Crippen molar-refractivity contribution in [3.8, 4) is 11.3 Å². The van der Waals surface area contributed by atoms with E-state index in [0.717, 1.165) is 23.2 Å². The lowest BCUT2D eigenvalue weighted by atomic mass is 10.0. The van der Waals surface area contributed by atoms with Crippen LogP contribution in [0.15, 0.2) is 30.3 Å². The molecule has 0 aliphatic heterocycles. The fourth-order valence-electron chi connectivity index (χ4n) is 1.74. The third kappa shape index (κ3) is 1.76. The summed E-state index contributed by atoms with van der Waals surface area (Å²) in [5.74, 6) is 0.269. The molecule has 82 valence electrons. The fourth-order valence-corrected chi connectivity index (χ4v) is 1.74. The van der Waals surface area contributed by atoms with Crippen LogP contribution >= 0.6 is 0 Å². The second-order valence-corrected chi connectivity index (χ2v) is 4.04. The molecule has 0 bridgehead atoms. The van der Waals surface area contributed by atoms with Crippen LogP contribution in [0, 0.1) is 0 Å². The molecule has 0 amide bonds. The lowest BCUT2D eigenvalue weighted by Crippen LogP contribution is -1.93. The Hall–Kier alpha value is -1.90. The van der Waals surface area contributed by atoms with Gasteiger partial charge < -0.3 is 0 Å². The Bertz CT molecular complexity index is 486. The number of aromatic nitrogens is 2. The van der Waals surface area contributed by atoms with Gasteiger partial charge in [0.25, 0.3) is 0 Å². The first kappa shape index (κ1) is 10.6. The Morgan fingerprint density at radius 1 is 1.25 bits per heavy atom. The summed E-state index contributed by atoms with van der Waals surface area (Å²) in [6, 6.07) is 9.72. The maximum Gasteiger partial charge on any atom is 0.154 e. The molecule has 0 aliphatic rings. The number of rotatable bonds is 3. The van der Waals surface area contributed by atoms with E-state index in [-0.39, 0.29) is 5.92 Å². The van der Waals surface area contributed by atoms with Crippen molar-refractivity contribution in [1.82, 2.24) is 10.2 Å². The van der Waals surface area contributed by atoms with Crippen molar-refractivity contribution in [3.63, 3.8) is 0 Å². The van der Waals surface area contributed by atoms with Crippen LogP contribution < -0.4 is 0 Å². The van der Waals surface area contributed by atoms with Gasteiger partial charge >= 0.3 is 0 Å². The van der Waals surface area contributed by atoms with Crippen LogP contribution in [-0.4, -0.2) is 16.5 Å². The zero-order chi connectivity index (χ0) is 11.5. The standard InChI is InChI=1S/C13H14N2O/c1-9(2)12-11(8-16)13(15-14-12)10-6-4-3-5-7-10/h3-9H,1-2H3,(H,14,15). The molecule has 1 heterocycles. The number of aldehydes is 1. The summed E-state index contributed by atoms with van der Waals surface area (Å²) in [6.45, 7) is 4.07. The molecular formula is C13H14N2O. The molecule has 3 nitrogen and oxygen atoms in total. The van der Waals surface area contributed by atoms with Gasteiger partial charge in [0.15, 0.2) is 6.29 Å². The van der Waals surface area contributed by atoms with E-state index in [1.54, 1.807) is 0 Å². The van der Waals surface area contributed by atoms with Crippen molar-refractivity contribution in [1.29, 1.82) is 0 Å². The number of aromatic amines is 1. The summed E-state index contributed by atoms with van der Waals surface area (Å²) in [4.78, 5) is 11.1. The van der Waals surface area contributed by atoms with Gasteiger partial charge in [-0.05, 0) is 5.92 Å². The molecule has 0 radical (unpaired) electrons. The molecule has 0 saturated carbocycles. The molecule has 0 unspecified atom stereocenters. The first-order valence-electron chi connectivity index (χ1n) is 5.33. The molecule has 0 fully saturated rings. The number of hydrogen-bond donors (Lipinski definition) is 1. The summed E-state index contributed by atoms with van der Waals surface area (Å²) in [5.41, 5.74) is 3.27. The Balaban J connectivity index is 2.55. The SMILES string of the molecule is CC(C)c1[nH]nc(-c2ccccc2)c1C=O. The van der Waals surface area contributed by atoms with Gasteiger partial charge in [-0.15, -0.1) is 0 Å². The van der Waals surface area contributed by atoms with Crippen LogP contribution in [0.2, 0.25) is 0 Å². The highest BCUT2D eigenvalue weighted by Crippen LogP contribution is 2.25. The second-order valence-electron chi connectivity index (χ2n) is 4.04. The van der Waals surface area contributed by atoms with E-state index < -0.39 is 0 Å². The van der Waals surface area contributed by atoms with Crippen LogP contribution in [0.1, 0.15) is 35.8 Å². The van der Waals surface area contributed by atoms with Crippen molar-refractivity contribution < 1.29 is 4.79 Å². The van der Waals surface area contributed by atoms with E-state index in [1.165, 1.54) is 0 Å². The van der Waals surface area contributed by atoms with Gasteiger partial charge in [0, 0.05) is 11.3 Å². The topological polar surface area (TPSA) is 45.8 Å². The fraction of sp³-hybridized carbons (Fsp3) is 0.231. The van der Waals surface area contributed by atoms with Gasteiger partial charge in [-0.1, -0.05) is 44.2 Å². The highest BCUT2D eigenvalue weighted by molar-refractivity contribution is 5.87. The highest BCUT2D eigenvalue weighted by Gasteiger charge is 2.15. The largest absolute Gasteiger partial charge is 0.298 e. The van der Waals surface area contributed by atoms with Crippen LogP contribution in [0.4, 0.5) is 0 Å². The van der Waals surface area contributed by atoms with E-state index in [2.05, 4.69) is 10.2 Å². The molecule has 0 spiro atoms. The van der Waals surface area contributed by atoms with Crippen molar-refractivity contribution in [2.75, 3.05) is 0 Å². The number of carbonyl (C=O) groups is 1. The first-order chi connectivity index (χ1) is 7.74. The number of carbonyl (C=O) groups excluding carboxylic acids is 1. The monoisotopic (exact) mass is 214 g/mol. The average molecular weight is 214 g/mol. The summed E-state index contributed by atoms with van der Waals surface area (Å²) in [5, 5.41) is 7.16. The van der Waals surface area contributed by atoms with Crippen molar-refractivity contribution in [2.45, 2.75) is 19.8 Å². The number of hydrogen-bond acceptors (Lipinski definition) is 2. The van der Waals surface area contributed by atoms with E-state index in [1.807, 2.05) is 44.2 Å². The second kappa shape index (κ2) is 4.31. The lowest BCUT2D eigenvalue weighted by Gasteiger charge is -2.02. The zero-order valence-electron chi connectivity index (χ0n) is 9.40. The Morgan fingerprint density at radius 2 is 1.94 bits per heavy atom. The third-order valence-electron chi connectivity index (χ3n) is 2.58. The summed E-state index contributed by atoms with van der Waals surface area (Å²) in [6.07, 6.45) is 0.876. The first-order valence-corrected chi connectivity index (χ1v) is 5.33. The molecule has 0 atom stereocenters. The van der Waals surface area contributed by atoms with Gasteiger partial charge in [-0.25, -0.2) is 0 Å². The maximum atomic E-state index is 11.1. The number of nitrogens with one attached hydrogen (secondary N) is 1. The predicted molar refractivity (Wildman–Crippen MR) is 63.5 cm³/mol. The number of benzene rings is 1. The molecular weight excluding hydrogens is 200 g/mol. The van der Waals surface area contributed by atoms with Crippen molar-refractivity contribution in [3.05, 3.63) is 41.6 Å². The molecule has 3 heteroatoms. The number of nitrogens with zero attached hydrogens (tertiary/aromatic N) is 1. The van der Waals surface area contributed by atoms with Gasteiger partial charge in [0.1, 0.15) is 5.69 Å². The molecule has 16 heavy (non-hydrogen) atoms. The molecule has 2 rings (SSSR count). The summed E-state index contributed by atoms with van der Waals surface area (Å²) < 4.78 is 0. The van der Waals surface area contributed by atoms with Gasteiger partial charge in [-0.3, -0.25) is 9.89 Å². The van der Waals surface area contributed by atoms with Crippen molar-refractivity contribution >= 4 is 6.29 Å². The third-order valence-corrected chi connectivity index (χ3v) is 2.58. The van der Waals surface area contributed by atoms with E-state index in [0.29, 0.717) is 5.56 Å². The van der Waals surface area contributed by atoms with Gasteiger partial charge in [0.05, 0.1) is 5.56 Å². The quantitative estimate of drug-likeness (QED) is 0.798. The minimum absolute atomic E-state index is 0.269. The summed E-state index contributed by atoms with van der Waals surface area (Å²) in [7, 11) is 0. The van der Waals surface area contributed by atoms with E-state index >= 15 is 0 Å². The summed E-state index contributed by atoms with van der Waals surface area (Å²) >= 11 is 0. The van der Waals surface area contributed by atoms with Gasteiger partial charge in [-0.2, -0.15) is 5.10 Å². The lowest BCUT2D eigenvalue weighted by molar-refractivity contribution is 0.112. The molecule has 0 saturated heterocycles.